The topological polar surface area (TPSA) is 80.5 Å². The lowest BCUT2D eigenvalue weighted by atomic mass is 10.2. The van der Waals surface area contributed by atoms with E-state index in [-0.39, 0.29) is 10.8 Å². The van der Waals surface area contributed by atoms with Gasteiger partial charge in [-0.15, -0.1) is 11.8 Å². The lowest BCUT2D eigenvalue weighted by Crippen LogP contribution is -2.12. The minimum atomic E-state index is -3.33. The number of aromatic nitrogens is 2. The van der Waals surface area contributed by atoms with Crippen molar-refractivity contribution in [3.63, 3.8) is 0 Å². The lowest BCUT2D eigenvalue weighted by molar-refractivity contribution is 0.102. The number of nitrogens with zero attached hydrogens (tertiary/aromatic N) is 2. The summed E-state index contributed by atoms with van der Waals surface area (Å²) >= 11 is 1.64. The molecule has 0 atom stereocenters. The van der Waals surface area contributed by atoms with Crippen molar-refractivity contribution in [3.05, 3.63) is 90.4 Å². The van der Waals surface area contributed by atoms with Gasteiger partial charge >= 0.3 is 0 Å². The van der Waals surface area contributed by atoms with Gasteiger partial charge in [0.15, 0.2) is 9.84 Å². The third kappa shape index (κ3) is 4.72. The van der Waals surface area contributed by atoms with Crippen LogP contribution >= 0.6 is 11.8 Å². The summed E-state index contributed by atoms with van der Waals surface area (Å²) < 4.78 is 25.3. The maximum atomic E-state index is 12.5. The second kappa shape index (κ2) is 8.33. The molecule has 0 unspecified atom stereocenters. The maximum absolute atomic E-state index is 12.5. The number of hydrogen-bond donors (Lipinski definition) is 1. The third-order valence-electron chi connectivity index (χ3n) is 4.44. The van der Waals surface area contributed by atoms with Crippen LogP contribution in [0.25, 0.3) is 5.65 Å². The molecule has 0 bridgehead atoms. The number of amides is 1. The van der Waals surface area contributed by atoms with Crippen molar-refractivity contribution < 1.29 is 13.2 Å². The number of rotatable bonds is 6. The highest BCUT2D eigenvalue weighted by Gasteiger charge is 2.11. The van der Waals surface area contributed by atoms with Crippen molar-refractivity contribution in [2.45, 2.75) is 15.5 Å². The van der Waals surface area contributed by atoms with E-state index in [0.717, 1.165) is 28.2 Å². The molecule has 2 aromatic heterocycles. The van der Waals surface area contributed by atoms with E-state index in [1.807, 2.05) is 47.1 Å². The Bertz CT molecular complexity index is 1280. The molecule has 1 amide bonds. The summed E-state index contributed by atoms with van der Waals surface area (Å²) in [6, 6.07) is 19.4. The fraction of sp³-hybridized carbons (Fsp3) is 0.0909. The van der Waals surface area contributed by atoms with Gasteiger partial charge in [0.05, 0.1) is 10.6 Å². The van der Waals surface area contributed by atoms with Crippen molar-refractivity contribution in [1.82, 2.24) is 9.38 Å². The second-order valence-corrected chi connectivity index (χ2v) is 9.83. The van der Waals surface area contributed by atoms with Crippen LogP contribution in [-0.2, 0) is 15.6 Å². The highest BCUT2D eigenvalue weighted by atomic mass is 32.2. The van der Waals surface area contributed by atoms with Crippen molar-refractivity contribution in [3.8, 4) is 0 Å². The molecule has 8 heteroatoms. The minimum Gasteiger partial charge on any atom is -0.322 e. The Morgan fingerprint density at radius 1 is 1.07 bits per heavy atom. The van der Waals surface area contributed by atoms with Crippen LogP contribution in [0.2, 0.25) is 0 Å². The maximum Gasteiger partial charge on any atom is 0.255 e. The van der Waals surface area contributed by atoms with Gasteiger partial charge in [0, 0.05) is 40.5 Å². The molecule has 4 rings (SSSR count). The average molecular weight is 438 g/mol. The van der Waals surface area contributed by atoms with Gasteiger partial charge in [-0.2, -0.15) is 0 Å². The molecule has 0 radical (unpaired) electrons. The van der Waals surface area contributed by atoms with Gasteiger partial charge < -0.3 is 9.72 Å². The van der Waals surface area contributed by atoms with E-state index in [4.69, 9.17) is 0 Å². The average Bonchev–Trinajstić information content (AvgIpc) is 3.15. The first-order valence-electron chi connectivity index (χ1n) is 9.15. The molecule has 0 aliphatic rings. The number of sulfone groups is 1. The van der Waals surface area contributed by atoms with Crippen LogP contribution in [0.3, 0.4) is 0 Å². The first-order valence-corrected chi connectivity index (χ1v) is 12.0. The molecule has 0 aliphatic heterocycles. The first kappa shape index (κ1) is 20.2. The molecule has 6 nitrogen and oxygen atoms in total. The Balaban J connectivity index is 1.39. The Hall–Kier alpha value is -3.10. The SMILES string of the molecule is CS(=O)(=O)c1cccc(NC(=O)c2ccc(SCc3cn4ccccc4n3)cc2)c1. The number of carbonyl (C=O) groups is 1. The Kier molecular flexibility index (Phi) is 5.61. The monoisotopic (exact) mass is 437 g/mol. The molecule has 4 aromatic rings. The number of benzene rings is 2. The second-order valence-electron chi connectivity index (χ2n) is 6.77. The fourth-order valence-corrected chi connectivity index (χ4v) is 4.37. The van der Waals surface area contributed by atoms with E-state index in [0.29, 0.717) is 11.3 Å². The number of imidazole rings is 1. The molecule has 1 N–H and O–H groups in total. The predicted molar refractivity (Wildman–Crippen MR) is 119 cm³/mol. The predicted octanol–water partition coefficient (Wildman–Crippen LogP) is 4.28. The van der Waals surface area contributed by atoms with Crippen LogP contribution in [0.1, 0.15) is 16.1 Å². The molecule has 0 saturated heterocycles. The van der Waals surface area contributed by atoms with Gasteiger partial charge in [-0.05, 0) is 54.6 Å². The van der Waals surface area contributed by atoms with Crippen LogP contribution in [-0.4, -0.2) is 30.0 Å². The van der Waals surface area contributed by atoms with E-state index in [1.54, 1.807) is 36.0 Å². The molecule has 0 spiro atoms. The highest BCUT2D eigenvalue weighted by Crippen LogP contribution is 2.23. The van der Waals surface area contributed by atoms with Crippen LogP contribution in [0.15, 0.2) is 88.9 Å². The summed E-state index contributed by atoms with van der Waals surface area (Å²) in [6.45, 7) is 0. The van der Waals surface area contributed by atoms with Gasteiger partial charge in [-0.1, -0.05) is 12.1 Å². The molecule has 0 aliphatic carbocycles. The van der Waals surface area contributed by atoms with Crippen molar-refractivity contribution in [2.24, 2.45) is 0 Å². The van der Waals surface area contributed by atoms with E-state index in [1.165, 1.54) is 12.1 Å². The quantitative estimate of drug-likeness (QED) is 0.455. The van der Waals surface area contributed by atoms with E-state index >= 15 is 0 Å². The van der Waals surface area contributed by atoms with Crippen molar-refractivity contribution in [1.29, 1.82) is 0 Å². The lowest BCUT2D eigenvalue weighted by Gasteiger charge is -2.07. The zero-order valence-corrected chi connectivity index (χ0v) is 17.8. The highest BCUT2D eigenvalue weighted by molar-refractivity contribution is 7.98. The molecule has 30 heavy (non-hydrogen) atoms. The number of pyridine rings is 1. The van der Waals surface area contributed by atoms with Gasteiger partial charge in [0.25, 0.3) is 5.91 Å². The number of fused-ring (bicyclic) bond motifs is 1. The van der Waals surface area contributed by atoms with Crippen LogP contribution in [0.4, 0.5) is 5.69 Å². The van der Waals surface area contributed by atoms with Crippen LogP contribution < -0.4 is 5.32 Å². The van der Waals surface area contributed by atoms with Gasteiger partial charge in [-0.25, -0.2) is 13.4 Å². The van der Waals surface area contributed by atoms with Crippen LogP contribution in [0, 0.1) is 0 Å². The zero-order valence-electron chi connectivity index (χ0n) is 16.1. The fourth-order valence-electron chi connectivity index (χ4n) is 2.92. The van der Waals surface area contributed by atoms with E-state index in [2.05, 4.69) is 10.3 Å². The summed E-state index contributed by atoms with van der Waals surface area (Å²) in [7, 11) is -3.33. The molecule has 2 aromatic carbocycles. The normalized spacial score (nSPS) is 11.5. The summed E-state index contributed by atoms with van der Waals surface area (Å²) in [5.41, 5.74) is 2.84. The largest absolute Gasteiger partial charge is 0.322 e. The van der Waals surface area contributed by atoms with Gasteiger partial charge in [0.2, 0.25) is 0 Å². The smallest absolute Gasteiger partial charge is 0.255 e. The summed E-state index contributed by atoms with van der Waals surface area (Å²) in [5.74, 6) is 0.434. The molecule has 0 fully saturated rings. The Morgan fingerprint density at radius 2 is 1.87 bits per heavy atom. The number of hydrogen-bond acceptors (Lipinski definition) is 5. The summed E-state index contributed by atoms with van der Waals surface area (Å²) in [5, 5.41) is 2.74. The summed E-state index contributed by atoms with van der Waals surface area (Å²) in [6.07, 6.45) is 5.11. The van der Waals surface area contributed by atoms with Gasteiger partial charge in [0.1, 0.15) is 5.65 Å². The Labute approximate surface area is 178 Å². The molecular formula is C22H19N3O3S2. The number of carbonyl (C=O) groups excluding carboxylic acids is 1. The first-order chi connectivity index (χ1) is 14.4. The number of nitrogens with one attached hydrogen (secondary N) is 1. The van der Waals surface area contributed by atoms with E-state index in [9.17, 15) is 13.2 Å². The molecule has 2 heterocycles. The van der Waals surface area contributed by atoms with Crippen molar-refractivity contribution in [2.75, 3.05) is 11.6 Å². The molecule has 0 saturated carbocycles. The Morgan fingerprint density at radius 3 is 2.60 bits per heavy atom. The zero-order chi connectivity index (χ0) is 21.1. The molecule has 152 valence electrons. The van der Waals surface area contributed by atoms with Crippen molar-refractivity contribution >= 4 is 38.8 Å². The minimum absolute atomic E-state index is 0.166. The number of thioether (sulfide) groups is 1. The van der Waals surface area contributed by atoms with Crippen LogP contribution in [0.5, 0.6) is 0 Å². The standard InChI is InChI=1S/C22H19N3O3S2/c1-30(27,28)20-6-4-5-17(13-20)24-22(26)16-8-10-19(11-9-16)29-15-18-14-25-12-3-2-7-21(25)23-18/h2-14H,15H2,1H3,(H,24,26). The summed E-state index contributed by atoms with van der Waals surface area (Å²) in [4.78, 5) is 18.3. The van der Waals surface area contributed by atoms with E-state index < -0.39 is 9.84 Å². The molecular weight excluding hydrogens is 418 g/mol. The third-order valence-corrected chi connectivity index (χ3v) is 6.59. The van der Waals surface area contributed by atoms with Gasteiger partial charge in [-0.3, -0.25) is 4.79 Å². The number of anilines is 1.